The molecule has 0 amide bonds. The molecule has 0 fully saturated rings. The minimum atomic E-state index is -4.18. The van der Waals surface area contributed by atoms with Gasteiger partial charge in [-0.2, -0.15) is 0 Å². The number of sulfonamides is 1. The number of rotatable bonds is 4. The van der Waals surface area contributed by atoms with Gasteiger partial charge in [0.1, 0.15) is 22.1 Å². The summed E-state index contributed by atoms with van der Waals surface area (Å²) in [5.74, 6) is -4.62. The average molecular weight is 349 g/mol. The molecule has 6 nitrogen and oxygen atoms in total. The highest BCUT2D eigenvalue weighted by Gasteiger charge is 2.21. The van der Waals surface area contributed by atoms with Gasteiger partial charge in [-0.25, -0.2) is 22.0 Å². The van der Waals surface area contributed by atoms with Gasteiger partial charge in [-0.05, 0) is 18.2 Å². The number of anilines is 1. The van der Waals surface area contributed by atoms with Crippen molar-refractivity contribution < 1.29 is 27.1 Å². The minimum absolute atomic E-state index is 0.0569. The molecule has 2 N–H and O–H groups in total. The summed E-state index contributed by atoms with van der Waals surface area (Å²) in [5, 5.41) is 8.69. The summed E-state index contributed by atoms with van der Waals surface area (Å²) < 4.78 is 53.0. The van der Waals surface area contributed by atoms with E-state index in [4.69, 9.17) is 16.7 Å². The lowest BCUT2D eigenvalue weighted by Gasteiger charge is -2.09. The van der Waals surface area contributed by atoms with Crippen molar-refractivity contribution >= 4 is 33.3 Å². The number of benzene rings is 1. The van der Waals surface area contributed by atoms with Gasteiger partial charge in [0.05, 0.1) is 10.7 Å². The number of pyridine rings is 1. The first kappa shape index (κ1) is 16.1. The normalized spacial score (nSPS) is 11.2. The Balaban J connectivity index is 2.41. The Kier molecular flexibility index (Phi) is 4.29. The molecule has 22 heavy (non-hydrogen) atoms. The zero-order chi connectivity index (χ0) is 16.5. The molecule has 0 atom stereocenters. The van der Waals surface area contributed by atoms with Crippen LogP contribution in [0.15, 0.2) is 35.5 Å². The van der Waals surface area contributed by atoms with Gasteiger partial charge in [0, 0.05) is 12.4 Å². The summed E-state index contributed by atoms with van der Waals surface area (Å²) in [6, 6.07) is 2.21. The SMILES string of the molecule is O=C(O)c1c(F)cc(NS(=O)(=O)c2cncc(Cl)c2)cc1F. The molecule has 0 bridgehead atoms. The zero-order valence-electron chi connectivity index (χ0n) is 10.5. The highest BCUT2D eigenvalue weighted by Crippen LogP contribution is 2.22. The Hall–Kier alpha value is -2.26. The van der Waals surface area contributed by atoms with E-state index in [0.29, 0.717) is 12.1 Å². The first-order chi connectivity index (χ1) is 10.2. The predicted molar refractivity (Wildman–Crippen MR) is 73.4 cm³/mol. The number of nitrogens with one attached hydrogen (secondary N) is 1. The van der Waals surface area contributed by atoms with Gasteiger partial charge in [0.2, 0.25) is 0 Å². The summed E-state index contributed by atoms with van der Waals surface area (Å²) in [6.07, 6.45) is 2.20. The average Bonchev–Trinajstić information content (AvgIpc) is 2.36. The van der Waals surface area contributed by atoms with Crippen LogP contribution < -0.4 is 4.72 Å². The minimum Gasteiger partial charge on any atom is -0.477 e. The number of aromatic carboxylic acids is 1. The van der Waals surface area contributed by atoms with Crippen LogP contribution >= 0.6 is 11.6 Å². The fraction of sp³-hybridized carbons (Fsp3) is 0. The van der Waals surface area contributed by atoms with Gasteiger partial charge in [-0.3, -0.25) is 9.71 Å². The molecule has 0 aliphatic rings. The van der Waals surface area contributed by atoms with Crippen LogP contribution in [0.5, 0.6) is 0 Å². The fourth-order valence-corrected chi connectivity index (χ4v) is 2.86. The van der Waals surface area contributed by atoms with E-state index in [9.17, 15) is 22.0 Å². The molecule has 1 aromatic carbocycles. The van der Waals surface area contributed by atoms with Crippen molar-refractivity contribution in [3.8, 4) is 0 Å². The van der Waals surface area contributed by atoms with Crippen LogP contribution in [0.25, 0.3) is 0 Å². The molecule has 1 aromatic heterocycles. The molecule has 0 radical (unpaired) electrons. The third kappa shape index (κ3) is 3.31. The number of hydrogen-bond acceptors (Lipinski definition) is 4. The second kappa shape index (κ2) is 5.85. The van der Waals surface area contributed by atoms with Crippen molar-refractivity contribution in [2.75, 3.05) is 4.72 Å². The largest absolute Gasteiger partial charge is 0.477 e. The van der Waals surface area contributed by atoms with Crippen molar-refractivity contribution in [2.45, 2.75) is 4.90 Å². The topological polar surface area (TPSA) is 96.4 Å². The van der Waals surface area contributed by atoms with E-state index in [0.717, 1.165) is 12.3 Å². The highest BCUT2D eigenvalue weighted by molar-refractivity contribution is 7.92. The zero-order valence-corrected chi connectivity index (χ0v) is 12.1. The molecular weight excluding hydrogens is 342 g/mol. The lowest BCUT2D eigenvalue weighted by Crippen LogP contribution is -2.14. The lowest BCUT2D eigenvalue weighted by molar-refractivity contribution is 0.0686. The van der Waals surface area contributed by atoms with Crippen molar-refractivity contribution in [1.29, 1.82) is 0 Å². The molecule has 0 aliphatic heterocycles. The maximum absolute atomic E-state index is 13.5. The van der Waals surface area contributed by atoms with E-state index in [2.05, 4.69) is 4.98 Å². The predicted octanol–water partition coefficient (Wildman–Crippen LogP) is 2.51. The van der Waals surface area contributed by atoms with E-state index in [1.165, 1.54) is 6.20 Å². The summed E-state index contributed by atoms with van der Waals surface area (Å²) in [4.78, 5) is 13.9. The molecule has 1 heterocycles. The highest BCUT2D eigenvalue weighted by atomic mass is 35.5. The lowest BCUT2D eigenvalue weighted by atomic mass is 10.2. The van der Waals surface area contributed by atoms with Crippen LogP contribution in [0.3, 0.4) is 0 Å². The number of hydrogen-bond donors (Lipinski definition) is 2. The standard InChI is InChI=1S/C12H7ClF2N2O4S/c13-6-1-8(5-16-4-6)22(20,21)17-7-2-9(14)11(12(18)19)10(15)3-7/h1-5,17H,(H,18,19). The molecule has 10 heteroatoms. The quantitative estimate of drug-likeness (QED) is 0.885. The maximum Gasteiger partial charge on any atom is 0.341 e. The monoisotopic (exact) mass is 348 g/mol. The number of nitrogens with zero attached hydrogens (tertiary/aromatic N) is 1. The number of carboxylic acids is 1. The molecule has 116 valence electrons. The Morgan fingerprint density at radius 2 is 1.77 bits per heavy atom. The molecule has 0 saturated heterocycles. The van der Waals surface area contributed by atoms with E-state index in [1.54, 1.807) is 0 Å². The number of aromatic nitrogens is 1. The molecule has 2 aromatic rings. The molecule has 2 rings (SSSR count). The fourth-order valence-electron chi connectivity index (χ4n) is 1.59. The Labute approximate surface area is 128 Å². The molecule has 0 unspecified atom stereocenters. The molecule has 0 aliphatic carbocycles. The summed E-state index contributed by atoms with van der Waals surface area (Å²) in [5.41, 5.74) is -1.65. The molecular formula is C12H7ClF2N2O4S. The van der Waals surface area contributed by atoms with Crippen molar-refractivity contribution in [1.82, 2.24) is 4.98 Å². The Morgan fingerprint density at radius 1 is 1.18 bits per heavy atom. The molecule has 0 saturated carbocycles. The van der Waals surface area contributed by atoms with Crippen molar-refractivity contribution in [2.24, 2.45) is 0 Å². The van der Waals surface area contributed by atoms with Gasteiger partial charge in [0.15, 0.2) is 0 Å². The summed E-state index contributed by atoms with van der Waals surface area (Å²) >= 11 is 5.62. The van der Waals surface area contributed by atoms with Crippen LogP contribution in [0, 0.1) is 11.6 Å². The maximum atomic E-state index is 13.5. The summed E-state index contributed by atoms with van der Waals surface area (Å²) in [6.45, 7) is 0. The van der Waals surface area contributed by atoms with Gasteiger partial charge < -0.3 is 5.11 Å². The van der Waals surface area contributed by atoms with Crippen LogP contribution in [-0.4, -0.2) is 24.5 Å². The second-order valence-corrected chi connectivity index (χ2v) is 6.18. The van der Waals surface area contributed by atoms with E-state index in [1.807, 2.05) is 4.72 Å². The van der Waals surface area contributed by atoms with Crippen LogP contribution in [0.1, 0.15) is 10.4 Å². The smallest absolute Gasteiger partial charge is 0.341 e. The Morgan fingerprint density at radius 3 is 2.27 bits per heavy atom. The van der Waals surface area contributed by atoms with Crippen LogP contribution in [0.4, 0.5) is 14.5 Å². The molecule has 0 spiro atoms. The third-order valence-electron chi connectivity index (χ3n) is 2.50. The van der Waals surface area contributed by atoms with Crippen molar-refractivity contribution in [3.05, 3.63) is 52.8 Å². The second-order valence-electron chi connectivity index (χ2n) is 4.06. The first-order valence-corrected chi connectivity index (χ1v) is 7.42. The van der Waals surface area contributed by atoms with E-state index < -0.39 is 38.9 Å². The third-order valence-corrected chi connectivity index (χ3v) is 4.05. The number of carboxylic acid groups (broad SMARTS) is 1. The summed E-state index contributed by atoms with van der Waals surface area (Å²) in [7, 11) is -4.18. The van der Waals surface area contributed by atoms with Crippen molar-refractivity contribution in [3.63, 3.8) is 0 Å². The van der Waals surface area contributed by atoms with Crippen LogP contribution in [-0.2, 0) is 10.0 Å². The number of halogens is 3. The first-order valence-electron chi connectivity index (χ1n) is 5.56. The van der Waals surface area contributed by atoms with Gasteiger partial charge in [-0.15, -0.1) is 0 Å². The van der Waals surface area contributed by atoms with Gasteiger partial charge >= 0.3 is 5.97 Å². The van der Waals surface area contributed by atoms with Gasteiger partial charge in [0.25, 0.3) is 10.0 Å². The Bertz CT molecular complexity index is 835. The number of carbonyl (C=O) groups is 1. The van der Waals surface area contributed by atoms with Gasteiger partial charge in [-0.1, -0.05) is 11.6 Å². The van der Waals surface area contributed by atoms with Crippen LogP contribution in [0.2, 0.25) is 5.02 Å². The van der Waals surface area contributed by atoms with E-state index in [-0.39, 0.29) is 9.92 Å². The van der Waals surface area contributed by atoms with E-state index >= 15 is 0 Å².